The number of aromatic nitrogens is 1. The molecule has 0 bridgehead atoms. The van der Waals surface area contributed by atoms with Crippen molar-refractivity contribution in [2.75, 3.05) is 12.4 Å². The average molecular weight is 336 g/mol. The van der Waals surface area contributed by atoms with Crippen LogP contribution < -0.4 is 5.32 Å². The second-order valence-corrected chi connectivity index (χ2v) is 5.41. The predicted molar refractivity (Wildman–Crippen MR) is 92.4 cm³/mol. The molecule has 6 nitrogen and oxygen atoms in total. The zero-order chi connectivity index (χ0) is 17.8. The fourth-order valence-electron chi connectivity index (χ4n) is 2.51. The van der Waals surface area contributed by atoms with Crippen LogP contribution in [0.5, 0.6) is 0 Å². The van der Waals surface area contributed by atoms with Crippen molar-refractivity contribution in [3.63, 3.8) is 0 Å². The number of amides is 1. The standard InChI is InChI=1S/C19H16N2O4/c1-12-10-15(13-6-4-3-5-7-13)17(11-14(12)19(23)24-2)20-18(22)16-8-9-25-21-16/h3-11H,1-2H3,(H,20,22). The molecule has 0 aliphatic heterocycles. The molecular weight excluding hydrogens is 320 g/mol. The lowest BCUT2D eigenvalue weighted by Gasteiger charge is -2.14. The molecular formula is C19H16N2O4. The number of hydrogen-bond donors (Lipinski definition) is 1. The van der Waals surface area contributed by atoms with Gasteiger partial charge in [0.2, 0.25) is 0 Å². The van der Waals surface area contributed by atoms with E-state index in [0.717, 1.165) is 16.7 Å². The van der Waals surface area contributed by atoms with Gasteiger partial charge in [0, 0.05) is 17.3 Å². The van der Waals surface area contributed by atoms with Gasteiger partial charge < -0.3 is 14.6 Å². The lowest BCUT2D eigenvalue weighted by molar-refractivity contribution is 0.0599. The van der Waals surface area contributed by atoms with Crippen molar-refractivity contribution < 1.29 is 18.8 Å². The van der Waals surface area contributed by atoms with Crippen LogP contribution in [-0.2, 0) is 4.74 Å². The summed E-state index contributed by atoms with van der Waals surface area (Å²) in [5.41, 5.74) is 3.49. The molecule has 2 aromatic carbocycles. The maximum Gasteiger partial charge on any atom is 0.338 e. The molecule has 0 saturated heterocycles. The maximum atomic E-state index is 12.3. The summed E-state index contributed by atoms with van der Waals surface area (Å²) in [5, 5.41) is 6.42. The van der Waals surface area contributed by atoms with Crippen LogP contribution in [0, 0.1) is 6.92 Å². The molecule has 1 N–H and O–H groups in total. The molecule has 6 heteroatoms. The Kier molecular flexibility index (Phi) is 4.61. The van der Waals surface area contributed by atoms with Crippen LogP contribution >= 0.6 is 0 Å². The quantitative estimate of drug-likeness (QED) is 0.735. The first-order valence-electron chi connectivity index (χ1n) is 7.60. The van der Waals surface area contributed by atoms with E-state index in [9.17, 15) is 9.59 Å². The van der Waals surface area contributed by atoms with E-state index in [-0.39, 0.29) is 5.69 Å². The number of ether oxygens (including phenoxy) is 1. The van der Waals surface area contributed by atoms with Gasteiger partial charge in [-0.2, -0.15) is 0 Å². The zero-order valence-electron chi connectivity index (χ0n) is 13.8. The first kappa shape index (κ1) is 16.4. The van der Waals surface area contributed by atoms with Crippen molar-refractivity contribution in [2.45, 2.75) is 6.92 Å². The number of carbonyl (C=O) groups is 2. The average Bonchev–Trinajstić information content (AvgIpc) is 3.17. The lowest BCUT2D eigenvalue weighted by atomic mass is 9.97. The zero-order valence-corrected chi connectivity index (χ0v) is 13.8. The van der Waals surface area contributed by atoms with E-state index in [1.165, 1.54) is 19.4 Å². The number of nitrogens with one attached hydrogen (secondary N) is 1. The lowest BCUT2D eigenvalue weighted by Crippen LogP contribution is -2.14. The van der Waals surface area contributed by atoms with Crippen LogP contribution in [0.3, 0.4) is 0 Å². The molecule has 0 fully saturated rings. The van der Waals surface area contributed by atoms with Gasteiger partial charge in [-0.05, 0) is 30.2 Å². The molecule has 0 aliphatic rings. The van der Waals surface area contributed by atoms with Crippen LogP contribution in [0.15, 0.2) is 59.3 Å². The Morgan fingerprint density at radius 2 is 1.88 bits per heavy atom. The minimum Gasteiger partial charge on any atom is -0.465 e. The Bertz CT molecular complexity index is 903. The molecule has 1 amide bonds. The van der Waals surface area contributed by atoms with Gasteiger partial charge in [-0.25, -0.2) is 4.79 Å². The normalized spacial score (nSPS) is 10.3. The van der Waals surface area contributed by atoms with Crippen LogP contribution in [0.1, 0.15) is 26.4 Å². The van der Waals surface area contributed by atoms with Crippen LogP contribution in [0.4, 0.5) is 5.69 Å². The number of benzene rings is 2. The molecule has 0 aliphatic carbocycles. The van der Waals surface area contributed by atoms with Crippen molar-refractivity contribution in [1.82, 2.24) is 5.16 Å². The van der Waals surface area contributed by atoms with E-state index in [4.69, 9.17) is 9.26 Å². The van der Waals surface area contributed by atoms with Crippen molar-refractivity contribution in [3.05, 3.63) is 71.6 Å². The van der Waals surface area contributed by atoms with Crippen molar-refractivity contribution in [2.24, 2.45) is 0 Å². The van der Waals surface area contributed by atoms with E-state index in [2.05, 4.69) is 10.5 Å². The third-order valence-corrected chi connectivity index (χ3v) is 3.77. The fraction of sp³-hybridized carbons (Fsp3) is 0.105. The number of methoxy groups -OCH3 is 1. The van der Waals surface area contributed by atoms with E-state index >= 15 is 0 Å². The number of carbonyl (C=O) groups excluding carboxylic acids is 2. The molecule has 1 aromatic heterocycles. The van der Waals surface area contributed by atoms with Crippen molar-refractivity contribution in [1.29, 1.82) is 0 Å². The van der Waals surface area contributed by atoms with E-state index in [1.54, 1.807) is 6.07 Å². The SMILES string of the molecule is COC(=O)c1cc(NC(=O)c2ccon2)c(-c2ccccc2)cc1C. The smallest absolute Gasteiger partial charge is 0.338 e. The van der Waals surface area contributed by atoms with Gasteiger partial charge in [-0.3, -0.25) is 4.79 Å². The summed E-state index contributed by atoms with van der Waals surface area (Å²) in [6.07, 6.45) is 1.32. The van der Waals surface area contributed by atoms with Crippen molar-refractivity contribution in [3.8, 4) is 11.1 Å². The van der Waals surface area contributed by atoms with Gasteiger partial charge in [0.25, 0.3) is 5.91 Å². The third-order valence-electron chi connectivity index (χ3n) is 3.77. The Labute approximate surface area is 144 Å². The minimum absolute atomic E-state index is 0.152. The minimum atomic E-state index is -0.464. The monoisotopic (exact) mass is 336 g/mol. The summed E-state index contributed by atoms with van der Waals surface area (Å²) >= 11 is 0. The highest BCUT2D eigenvalue weighted by atomic mass is 16.5. The Hall–Kier alpha value is -3.41. The number of esters is 1. The molecule has 25 heavy (non-hydrogen) atoms. The van der Waals surface area contributed by atoms with Gasteiger partial charge in [0.1, 0.15) is 6.26 Å². The summed E-state index contributed by atoms with van der Waals surface area (Å²) < 4.78 is 9.52. The fourth-order valence-corrected chi connectivity index (χ4v) is 2.51. The second kappa shape index (κ2) is 7.00. The summed E-state index contributed by atoms with van der Waals surface area (Å²) in [6.45, 7) is 1.82. The van der Waals surface area contributed by atoms with Gasteiger partial charge in [-0.15, -0.1) is 0 Å². The summed E-state index contributed by atoms with van der Waals surface area (Å²) in [6, 6.07) is 14.5. The maximum absolute atomic E-state index is 12.3. The van der Waals surface area contributed by atoms with Crippen molar-refractivity contribution >= 4 is 17.6 Å². The third kappa shape index (κ3) is 3.42. The Morgan fingerprint density at radius 1 is 1.12 bits per heavy atom. The molecule has 0 radical (unpaired) electrons. The largest absolute Gasteiger partial charge is 0.465 e. The molecule has 0 atom stereocenters. The molecule has 3 rings (SSSR count). The van der Waals surface area contributed by atoms with Gasteiger partial charge >= 0.3 is 5.97 Å². The number of hydrogen-bond acceptors (Lipinski definition) is 5. The Balaban J connectivity index is 2.09. The van der Waals surface area contributed by atoms with E-state index in [1.807, 2.05) is 43.3 Å². The summed E-state index contributed by atoms with van der Waals surface area (Å²) in [5.74, 6) is -0.889. The molecule has 0 unspecified atom stereocenters. The van der Waals surface area contributed by atoms with Gasteiger partial charge in [0.15, 0.2) is 5.69 Å². The predicted octanol–water partition coefficient (Wildman–Crippen LogP) is 3.69. The number of anilines is 1. The topological polar surface area (TPSA) is 81.4 Å². The summed E-state index contributed by atoms with van der Waals surface area (Å²) in [4.78, 5) is 24.3. The van der Waals surface area contributed by atoms with Gasteiger partial charge in [-0.1, -0.05) is 35.5 Å². The Morgan fingerprint density at radius 3 is 2.52 bits per heavy atom. The second-order valence-electron chi connectivity index (χ2n) is 5.41. The highest BCUT2D eigenvalue weighted by molar-refractivity contribution is 6.06. The highest BCUT2D eigenvalue weighted by Crippen LogP contribution is 2.31. The number of rotatable bonds is 4. The number of nitrogens with zero attached hydrogens (tertiary/aromatic N) is 1. The van der Waals surface area contributed by atoms with Crippen LogP contribution in [-0.4, -0.2) is 24.1 Å². The van der Waals surface area contributed by atoms with Crippen LogP contribution in [0.25, 0.3) is 11.1 Å². The van der Waals surface area contributed by atoms with E-state index in [0.29, 0.717) is 11.3 Å². The first-order valence-corrected chi connectivity index (χ1v) is 7.60. The van der Waals surface area contributed by atoms with Gasteiger partial charge in [0.05, 0.1) is 12.7 Å². The summed E-state index contributed by atoms with van der Waals surface area (Å²) in [7, 11) is 1.32. The molecule has 0 saturated carbocycles. The molecule has 0 spiro atoms. The first-order chi connectivity index (χ1) is 12.1. The number of aryl methyl sites for hydroxylation is 1. The molecule has 126 valence electrons. The van der Waals surface area contributed by atoms with E-state index < -0.39 is 11.9 Å². The molecule has 3 aromatic rings. The van der Waals surface area contributed by atoms with Crippen LogP contribution in [0.2, 0.25) is 0 Å². The highest BCUT2D eigenvalue weighted by Gasteiger charge is 2.18. The molecule has 1 heterocycles.